The van der Waals surface area contributed by atoms with Crippen LogP contribution in [0.25, 0.3) is 0 Å². The second-order valence-corrected chi connectivity index (χ2v) is 4.48. The van der Waals surface area contributed by atoms with Crippen LogP contribution in [-0.2, 0) is 17.8 Å². The zero-order valence-corrected chi connectivity index (χ0v) is 13.2. The molecule has 0 radical (unpaired) electrons. The molecule has 0 unspecified atom stereocenters. The van der Waals surface area contributed by atoms with Gasteiger partial charge in [-0.25, -0.2) is 5.84 Å². The quantitative estimate of drug-likeness (QED) is 0.330. The molecule has 0 atom stereocenters. The summed E-state index contributed by atoms with van der Waals surface area (Å²) in [6.07, 6.45) is 1.35. The number of hydrogen-bond acceptors (Lipinski definition) is 5. The van der Waals surface area contributed by atoms with Crippen molar-refractivity contribution in [2.24, 2.45) is 5.84 Å². The third kappa shape index (κ3) is 5.14. The molecule has 120 valence electrons. The SMILES string of the molecule is CCc1cccc(NC)c1OCc1ccc(C)o1.NNC=O. The fraction of sp³-hybridized carbons (Fsp3) is 0.312. The van der Waals surface area contributed by atoms with E-state index in [1.807, 2.05) is 38.2 Å². The van der Waals surface area contributed by atoms with E-state index in [0.29, 0.717) is 13.0 Å². The number of benzene rings is 1. The zero-order valence-electron chi connectivity index (χ0n) is 13.2. The number of carbonyl (C=O) groups excluding carboxylic acids is 1. The molecule has 2 aromatic rings. The van der Waals surface area contributed by atoms with Gasteiger partial charge in [0.1, 0.15) is 23.9 Å². The van der Waals surface area contributed by atoms with Crippen molar-refractivity contribution < 1.29 is 13.9 Å². The second kappa shape index (κ2) is 9.46. The number of ether oxygens (including phenoxy) is 1. The number of anilines is 1. The van der Waals surface area contributed by atoms with Gasteiger partial charge in [-0.1, -0.05) is 19.1 Å². The van der Waals surface area contributed by atoms with Gasteiger partial charge in [0.2, 0.25) is 6.41 Å². The van der Waals surface area contributed by atoms with Gasteiger partial charge in [0, 0.05) is 7.05 Å². The molecule has 0 aliphatic heterocycles. The van der Waals surface area contributed by atoms with E-state index in [9.17, 15) is 0 Å². The van der Waals surface area contributed by atoms with Crippen molar-refractivity contribution in [1.82, 2.24) is 5.43 Å². The van der Waals surface area contributed by atoms with Crippen LogP contribution in [0.15, 0.2) is 34.7 Å². The highest BCUT2D eigenvalue weighted by atomic mass is 16.5. The van der Waals surface area contributed by atoms with Gasteiger partial charge in [0.15, 0.2) is 0 Å². The summed E-state index contributed by atoms with van der Waals surface area (Å²) in [4.78, 5) is 8.94. The monoisotopic (exact) mass is 305 g/mol. The average molecular weight is 305 g/mol. The van der Waals surface area contributed by atoms with Gasteiger partial charge in [-0.05, 0) is 37.1 Å². The minimum atomic E-state index is 0.403. The molecule has 0 saturated heterocycles. The van der Waals surface area contributed by atoms with Gasteiger partial charge in [-0.3, -0.25) is 10.2 Å². The minimum absolute atomic E-state index is 0.403. The van der Waals surface area contributed by atoms with Crippen molar-refractivity contribution in [3.63, 3.8) is 0 Å². The lowest BCUT2D eigenvalue weighted by Crippen LogP contribution is -2.18. The van der Waals surface area contributed by atoms with E-state index < -0.39 is 0 Å². The van der Waals surface area contributed by atoms with E-state index in [0.717, 1.165) is 29.4 Å². The molecule has 22 heavy (non-hydrogen) atoms. The zero-order chi connectivity index (χ0) is 16.4. The van der Waals surface area contributed by atoms with Crippen LogP contribution in [0.2, 0.25) is 0 Å². The molecule has 2 rings (SSSR count). The summed E-state index contributed by atoms with van der Waals surface area (Å²) in [6, 6.07) is 10.0. The lowest BCUT2D eigenvalue weighted by Gasteiger charge is -2.14. The van der Waals surface area contributed by atoms with Crippen LogP contribution in [0.1, 0.15) is 24.0 Å². The summed E-state index contributed by atoms with van der Waals surface area (Å²) in [6.45, 7) is 4.51. The second-order valence-electron chi connectivity index (χ2n) is 4.48. The normalized spacial score (nSPS) is 9.45. The van der Waals surface area contributed by atoms with Gasteiger partial charge >= 0.3 is 0 Å². The Morgan fingerprint density at radius 3 is 2.55 bits per heavy atom. The average Bonchev–Trinajstić information content (AvgIpc) is 2.98. The summed E-state index contributed by atoms with van der Waals surface area (Å²) in [5.74, 6) is 7.08. The van der Waals surface area contributed by atoms with E-state index >= 15 is 0 Å². The Balaban J connectivity index is 0.000000541. The van der Waals surface area contributed by atoms with Crippen LogP contribution < -0.4 is 21.3 Å². The Morgan fingerprint density at radius 2 is 2.05 bits per heavy atom. The van der Waals surface area contributed by atoms with Crippen molar-refractivity contribution in [3.05, 3.63) is 47.4 Å². The van der Waals surface area contributed by atoms with E-state index in [1.54, 1.807) is 5.43 Å². The van der Waals surface area contributed by atoms with Crippen LogP contribution in [0.3, 0.4) is 0 Å². The molecule has 0 spiro atoms. The molecule has 1 heterocycles. The molecular weight excluding hydrogens is 282 g/mol. The molecule has 6 nitrogen and oxygen atoms in total. The highest BCUT2D eigenvalue weighted by molar-refractivity contribution is 5.59. The number of carbonyl (C=O) groups is 1. The fourth-order valence-corrected chi connectivity index (χ4v) is 1.94. The molecular formula is C16H23N3O3. The molecule has 0 bridgehead atoms. The van der Waals surface area contributed by atoms with Gasteiger partial charge in [-0.2, -0.15) is 0 Å². The Kier molecular flexibility index (Phi) is 7.56. The third-order valence-corrected chi connectivity index (χ3v) is 2.97. The fourth-order valence-electron chi connectivity index (χ4n) is 1.94. The molecule has 0 aliphatic carbocycles. The van der Waals surface area contributed by atoms with Crippen LogP contribution in [-0.4, -0.2) is 13.5 Å². The van der Waals surface area contributed by atoms with Crippen molar-refractivity contribution in [2.45, 2.75) is 26.9 Å². The van der Waals surface area contributed by atoms with Gasteiger partial charge in [0.25, 0.3) is 0 Å². The maximum atomic E-state index is 8.94. The van der Waals surface area contributed by atoms with E-state index in [1.165, 1.54) is 5.56 Å². The maximum Gasteiger partial charge on any atom is 0.221 e. The van der Waals surface area contributed by atoms with Crippen LogP contribution in [0.5, 0.6) is 5.75 Å². The molecule has 0 aliphatic rings. The summed E-state index contributed by atoms with van der Waals surface area (Å²) in [7, 11) is 1.90. The summed E-state index contributed by atoms with van der Waals surface area (Å²) in [5, 5.41) is 3.16. The van der Waals surface area contributed by atoms with Crippen LogP contribution >= 0.6 is 0 Å². The lowest BCUT2D eigenvalue weighted by atomic mass is 10.1. The Hall–Kier alpha value is -2.47. The number of aryl methyl sites for hydroxylation is 2. The smallest absolute Gasteiger partial charge is 0.221 e. The molecule has 1 amide bonds. The maximum absolute atomic E-state index is 8.94. The number of nitrogens with one attached hydrogen (secondary N) is 2. The lowest BCUT2D eigenvalue weighted by molar-refractivity contribution is -0.109. The first-order valence-electron chi connectivity index (χ1n) is 7.03. The first-order valence-corrected chi connectivity index (χ1v) is 7.03. The van der Waals surface area contributed by atoms with E-state index in [4.69, 9.17) is 13.9 Å². The summed E-state index contributed by atoms with van der Waals surface area (Å²) in [5.41, 5.74) is 3.96. The topological polar surface area (TPSA) is 89.5 Å². The summed E-state index contributed by atoms with van der Waals surface area (Å²) < 4.78 is 11.4. The predicted molar refractivity (Wildman–Crippen MR) is 86.5 cm³/mol. The van der Waals surface area contributed by atoms with Crippen molar-refractivity contribution in [1.29, 1.82) is 0 Å². The van der Waals surface area contributed by atoms with Gasteiger partial charge in [-0.15, -0.1) is 0 Å². The summed E-state index contributed by atoms with van der Waals surface area (Å²) >= 11 is 0. The highest BCUT2D eigenvalue weighted by Crippen LogP contribution is 2.30. The standard InChI is InChI=1S/C15H19NO2.CH4N2O/c1-4-12-6-5-7-14(16-3)15(12)17-10-13-9-8-11(2)18-13;2-3-1-4/h5-9,16H,4,10H2,1-3H3;1H,2H2,(H,3,4). The molecule has 4 N–H and O–H groups in total. The van der Waals surface area contributed by atoms with Crippen molar-refractivity contribution in [2.75, 3.05) is 12.4 Å². The highest BCUT2D eigenvalue weighted by Gasteiger charge is 2.08. The molecule has 0 fully saturated rings. The van der Waals surface area contributed by atoms with Crippen molar-refractivity contribution >= 4 is 12.1 Å². The van der Waals surface area contributed by atoms with Crippen LogP contribution in [0.4, 0.5) is 5.69 Å². The first-order chi connectivity index (χ1) is 10.7. The number of hydrogen-bond donors (Lipinski definition) is 3. The number of rotatable bonds is 6. The first kappa shape index (κ1) is 17.6. The Labute approximate surface area is 130 Å². The number of amides is 1. The van der Waals surface area contributed by atoms with Gasteiger partial charge < -0.3 is 14.5 Å². The van der Waals surface area contributed by atoms with Gasteiger partial charge in [0.05, 0.1) is 5.69 Å². The largest absolute Gasteiger partial charge is 0.483 e. The molecule has 1 aromatic carbocycles. The number of hydrazine groups is 1. The molecule has 0 saturated carbocycles. The van der Waals surface area contributed by atoms with E-state index in [2.05, 4.69) is 24.1 Å². The number of furan rings is 1. The number of nitrogens with two attached hydrogens (primary N) is 1. The van der Waals surface area contributed by atoms with Crippen molar-refractivity contribution in [3.8, 4) is 5.75 Å². The number of para-hydroxylation sites is 1. The van der Waals surface area contributed by atoms with E-state index in [-0.39, 0.29) is 0 Å². The third-order valence-electron chi connectivity index (χ3n) is 2.97. The molecule has 1 aromatic heterocycles. The Bertz CT molecular complexity index is 560. The molecule has 6 heteroatoms. The predicted octanol–water partition coefficient (Wildman–Crippen LogP) is 2.38. The Morgan fingerprint density at radius 1 is 1.32 bits per heavy atom. The van der Waals surface area contributed by atoms with Crippen LogP contribution in [0, 0.1) is 6.92 Å². The minimum Gasteiger partial charge on any atom is -0.483 e.